The molecule has 3 heteroatoms. The first-order chi connectivity index (χ1) is 5.34. The zero-order valence-electron chi connectivity index (χ0n) is 6.60. The van der Waals surface area contributed by atoms with Crippen LogP contribution < -0.4 is 10.6 Å². The quantitative estimate of drug-likeness (QED) is 0.594. The molecule has 2 N–H and O–H groups in total. The van der Waals surface area contributed by atoms with E-state index < -0.39 is 0 Å². The van der Waals surface area contributed by atoms with Crippen molar-refractivity contribution < 1.29 is 4.79 Å². The second-order valence-electron chi connectivity index (χ2n) is 3.57. The Balaban J connectivity index is 1.63. The van der Waals surface area contributed by atoms with Gasteiger partial charge < -0.3 is 10.6 Å². The summed E-state index contributed by atoms with van der Waals surface area (Å²) in [7, 11) is 0. The summed E-state index contributed by atoms with van der Waals surface area (Å²) < 4.78 is 0. The van der Waals surface area contributed by atoms with Gasteiger partial charge in [-0.3, -0.25) is 4.79 Å². The molecule has 2 rings (SSSR count). The van der Waals surface area contributed by atoms with Crippen LogP contribution in [0.1, 0.15) is 19.3 Å². The predicted octanol–water partition coefficient (Wildman–Crippen LogP) is -0.126. The maximum Gasteiger partial charge on any atom is 0.220 e. The summed E-state index contributed by atoms with van der Waals surface area (Å²) in [6, 6.07) is 0.524. The lowest BCUT2D eigenvalue weighted by atomic mass is 9.99. The van der Waals surface area contributed by atoms with Gasteiger partial charge in [-0.2, -0.15) is 0 Å². The highest BCUT2D eigenvalue weighted by atomic mass is 16.1. The fourth-order valence-corrected chi connectivity index (χ4v) is 1.27. The zero-order valence-corrected chi connectivity index (χ0v) is 6.60. The van der Waals surface area contributed by atoms with Crippen molar-refractivity contribution in [2.24, 2.45) is 5.92 Å². The van der Waals surface area contributed by atoms with Gasteiger partial charge in [0.1, 0.15) is 0 Å². The maximum absolute atomic E-state index is 11.2. The first-order valence-electron chi connectivity index (χ1n) is 4.34. The second kappa shape index (κ2) is 2.81. The molecule has 1 saturated carbocycles. The molecule has 0 spiro atoms. The van der Waals surface area contributed by atoms with Crippen LogP contribution in [0.2, 0.25) is 0 Å². The van der Waals surface area contributed by atoms with Crippen LogP contribution >= 0.6 is 0 Å². The van der Waals surface area contributed by atoms with E-state index in [2.05, 4.69) is 10.6 Å². The topological polar surface area (TPSA) is 41.1 Å². The highest BCUT2D eigenvalue weighted by Crippen LogP contribution is 2.19. The van der Waals surface area contributed by atoms with Crippen LogP contribution in [0, 0.1) is 5.92 Å². The Labute approximate surface area is 66.5 Å². The highest BCUT2D eigenvalue weighted by molar-refractivity contribution is 5.77. The molecule has 0 atom stereocenters. The van der Waals surface area contributed by atoms with Gasteiger partial charge in [-0.15, -0.1) is 0 Å². The lowest BCUT2D eigenvalue weighted by Gasteiger charge is -2.26. The van der Waals surface area contributed by atoms with E-state index in [1.807, 2.05) is 0 Å². The Bertz CT molecular complexity index is 161. The van der Waals surface area contributed by atoms with Crippen LogP contribution in [0.15, 0.2) is 0 Å². The summed E-state index contributed by atoms with van der Waals surface area (Å²) in [4.78, 5) is 11.2. The molecule has 1 aliphatic heterocycles. The van der Waals surface area contributed by atoms with Gasteiger partial charge >= 0.3 is 0 Å². The number of nitrogens with one attached hydrogen (secondary N) is 2. The van der Waals surface area contributed by atoms with Crippen LogP contribution in [-0.2, 0) is 4.79 Å². The Hall–Kier alpha value is -0.570. The lowest BCUT2D eigenvalue weighted by Crippen LogP contribution is -2.44. The van der Waals surface area contributed by atoms with Crippen LogP contribution in [0.3, 0.4) is 0 Å². The van der Waals surface area contributed by atoms with Crippen LogP contribution in [0.4, 0.5) is 0 Å². The minimum Gasteiger partial charge on any atom is -0.353 e. The molecular formula is C8H14N2O. The second-order valence-corrected chi connectivity index (χ2v) is 3.57. The van der Waals surface area contributed by atoms with Gasteiger partial charge in [-0.05, 0) is 31.8 Å². The van der Waals surface area contributed by atoms with E-state index in [-0.39, 0.29) is 5.91 Å². The van der Waals surface area contributed by atoms with Gasteiger partial charge in [-0.25, -0.2) is 0 Å². The molecule has 0 aromatic rings. The van der Waals surface area contributed by atoms with Crippen molar-refractivity contribution in [2.75, 3.05) is 13.1 Å². The first-order valence-corrected chi connectivity index (χ1v) is 4.34. The van der Waals surface area contributed by atoms with Crippen molar-refractivity contribution >= 4 is 5.91 Å². The number of carbonyl (C=O) groups is 1. The van der Waals surface area contributed by atoms with Gasteiger partial charge in [0.2, 0.25) is 5.91 Å². The molecule has 1 saturated heterocycles. The molecule has 62 valence electrons. The van der Waals surface area contributed by atoms with Crippen LogP contribution in [0.25, 0.3) is 0 Å². The van der Waals surface area contributed by atoms with E-state index in [0.717, 1.165) is 19.5 Å². The molecule has 0 unspecified atom stereocenters. The van der Waals surface area contributed by atoms with Crippen molar-refractivity contribution in [2.45, 2.75) is 25.3 Å². The molecule has 3 nitrogen and oxygen atoms in total. The minimum atomic E-state index is 0.249. The number of carbonyl (C=O) groups excluding carboxylic acids is 1. The molecule has 2 fully saturated rings. The fraction of sp³-hybridized carbons (Fsp3) is 0.875. The summed E-state index contributed by atoms with van der Waals surface area (Å²) in [6.45, 7) is 2.05. The average molecular weight is 154 g/mol. The summed E-state index contributed by atoms with van der Waals surface area (Å²) in [6.07, 6.45) is 3.10. The number of rotatable bonds is 3. The van der Waals surface area contributed by atoms with Crippen LogP contribution in [-0.4, -0.2) is 25.0 Å². The Kier molecular flexibility index (Phi) is 1.82. The molecule has 2 aliphatic rings. The summed E-state index contributed by atoms with van der Waals surface area (Å²) in [5.74, 6) is 0.854. The van der Waals surface area contributed by atoms with Crippen molar-refractivity contribution in [3.8, 4) is 0 Å². The lowest BCUT2D eigenvalue weighted by molar-refractivity contribution is -0.122. The van der Waals surface area contributed by atoms with E-state index in [4.69, 9.17) is 0 Å². The molecular weight excluding hydrogens is 140 g/mol. The van der Waals surface area contributed by atoms with E-state index in [1.165, 1.54) is 12.8 Å². The fourth-order valence-electron chi connectivity index (χ4n) is 1.27. The largest absolute Gasteiger partial charge is 0.353 e. The van der Waals surface area contributed by atoms with E-state index in [1.54, 1.807) is 0 Å². The third kappa shape index (κ3) is 1.93. The average Bonchev–Trinajstić information content (AvgIpc) is 2.62. The molecule has 0 aromatic carbocycles. The minimum absolute atomic E-state index is 0.249. The van der Waals surface area contributed by atoms with Gasteiger partial charge in [0, 0.05) is 12.5 Å². The molecule has 0 bridgehead atoms. The van der Waals surface area contributed by atoms with Gasteiger partial charge in [0.25, 0.3) is 0 Å². The highest BCUT2D eigenvalue weighted by Gasteiger charge is 2.26. The van der Waals surface area contributed by atoms with Gasteiger partial charge in [-0.1, -0.05) is 0 Å². The third-order valence-electron chi connectivity index (χ3n) is 2.28. The van der Waals surface area contributed by atoms with E-state index >= 15 is 0 Å². The normalized spacial score (nSPS) is 24.4. The van der Waals surface area contributed by atoms with Crippen molar-refractivity contribution in [1.29, 1.82) is 0 Å². The smallest absolute Gasteiger partial charge is 0.220 e. The molecule has 11 heavy (non-hydrogen) atoms. The molecule has 1 aliphatic carbocycles. The number of hydrogen-bond donors (Lipinski definition) is 2. The maximum atomic E-state index is 11.2. The van der Waals surface area contributed by atoms with Crippen molar-refractivity contribution in [1.82, 2.24) is 10.6 Å². The monoisotopic (exact) mass is 154 g/mol. The molecule has 0 radical (unpaired) electrons. The van der Waals surface area contributed by atoms with Crippen LogP contribution in [0.5, 0.6) is 0 Å². The van der Waals surface area contributed by atoms with E-state index in [0.29, 0.717) is 12.0 Å². The Morgan fingerprint density at radius 1 is 1.45 bits per heavy atom. The third-order valence-corrected chi connectivity index (χ3v) is 2.28. The summed E-state index contributed by atoms with van der Waals surface area (Å²) >= 11 is 0. The van der Waals surface area contributed by atoms with Gasteiger partial charge in [0.15, 0.2) is 0 Å². The molecule has 1 heterocycles. The Morgan fingerprint density at radius 2 is 2.18 bits per heavy atom. The van der Waals surface area contributed by atoms with E-state index in [9.17, 15) is 4.79 Å². The SMILES string of the molecule is O=C(CC1CNC1)NC1CC1. The summed E-state index contributed by atoms with van der Waals surface area (Å²) in [5, 5.41) is 6.14. The Morgan fingerprint density at radius 3 is 2.64 bits per heavy atom. The number of amides is 1. The zero-order chi connectivity index (χ0) is 7.68. The van der Waals surface area contributed by atoms with Gasteiger partial charge in [0.05, 0.1) is 0 Å². The van der Waals surface area contributed by atoms with Crippen molar-refractivity contribution in [3.05, 3.63) is 0 Å². The first kappa shape index (κ1) is 7.10. The standard InChI is InChI=1S/C8H14N2O/c11-8(10-7-1-2-7)3-6-4-9-5-6/h6-7,9H,1-5H2,(H,10,11). The number of hydrogen-bond acceptors (Lipinski definition) is 2. The predicted molar refractivity (Wildman–Crippen MR) is 42.1 cm³/mol. The molecule has 0 aromatic heterocycles. The molecule has 1 amide bonds. The summed E-state index contributed by atoms with van der Waals surface area (Å²) in [5.41, 5.74) is 0. The van der Waals surface area contributed by atoms with Crippen molar-refractivity contribution in [3.63, 3.8) is 0 Å².